The molecular weight excluding hydrogens is 229 g/mol. The van der Waals surface area contributed by atoms with E-state index in [2.05, 4.69) is 59.7 Å². The average molecular weight is 245 g/mol. The van der Waals surface area contributed by atoms with E-state index >= 15 is 0 Å². The van der Waals surface area contributed by atoms with Gasteiger partial charge >= 0.3 is 88.2 Å². The topological polar surface area (TPSA) is 0 Å². The van der Waals surface area contributed by atoms with Gasteiger partial charge in [0, 0.05) is 0 Å². The van der Waals surface area contributed by atoms with E-state index in [0.717, 1.165) is 0 Å². The summed E-state index contributed by atoms with van der Waals surface area (Å²) in [5.74, 6) is 7.30. The van der Waals surface area contributed by atoms with Crippen LogP contribution in [0.25, 0.3) is 10.8 Å². The van der Waals surface area contributed by atoms with Crippen LogP contribution in [0, 0.1) is 0 Å². The quantitative estimate of drug-likeness (QED) is 0.675. The Bertz CT molecular complexity index is 452. The molecule has 0 fully saturated rings. The second-order valence-electron chi connectivity index (χ2n) is 4.81. The van der Waals surface area contributed by atoms with Gasteiger partial charge < -0.3 is 0 Å². The maximum atomic E-state index is 2.43. The third-order valence-electron chi connectivity index (χ3n) is 2.62. The summed E-state index contributed by atoms with van der Waals surface area (Å²) in [6.07, 6.45) is 0. The van der Waals surface area contributed by atoms with Crippen LogP contribution in [0.5, 0.6) is 0 Å². The maximum absolute atomic E-state index is 2.43. The summed E-state index contributed by atoms with van der Waals surface area (Å²) in [4.78, 5) is 0. The second-order valence-corrected chi connectivity index (χ2v) is 15.5. The zero-order valence-corrected chi connectivity index (χ0v) is 11.1. The fourth-order valence-electron chi connectivity index (χ4n) is 1.66. The van der Waals surface area contributed by atoms with Gasteiger partial charge in [-0.15, -0.1) is 0 Å². The van der Waals surface area contributed by atoms with Crippen molar-refractivity contribution in [3.63, 3.8) is 0 Å². The van der Waals surface area contributed by atoms with Crippen molar-refractivity contribution in [1.82, 2.24) is 0 Å². The Morgan fingerprint density at radius 3 is 2.07 bits per heavy atom. The standard InChI is InChI=1S/C13H16Ge/c1-14(2,3)13-9-8-11-6-4-5-7-12(11)10-13/h4-10H,1-3H3. The number of rotatable bonds is 1. The van der Waals surface area contributed by atoms with Gasteiger partial charge in [0.1, 0.15) is 0 Å². The first-order valence-corrected chi connectivity index (χ1v) is 12.4. The Hall–Kier alpha value is -0.757. The van der Waals surface area contributed by atoms with Gasteiger partial charge in [-0.2, -0.15) is 0 Å². The van der Waals surface area contributed by atoms with E-state index in [1.54, 1.807) is 4.40 Å². The van der Waals surface area contributed by atoms with Gasteiger partial charge in [-0.1, -0.05) is 0 Å². The molecule has 0 saturated carbocycles. The molecule has 0 atom stereocenters. The number of hydrogen-bond acceptors (Lipinski definition) is 0. The first kappa shape index (κ1) is 9.78. The zero-order chi connectivity index (χ0) is 10.2. The summed E-state index contributed by atoms with van der Waals surface area (Å²) in [5, 5.41) is 2.73. The minimum atomic E-state index is -1.64. The van der Waals surface area contributed by atoms with E-state index in [0.29, 0.717) is 0 Å². The van der Waals surface area contributed by atoms with E-state index < -0.39 is 13.3 Å². The summed E-state index contributed by atoms with van der Waals surface area (Å²) in [5.41, 5.74) is 0. The van der Waals surface area contributed by atoms with Crippen LogP contribution in [-0.2, 0) is 0 Å². The number of hydrogen-bond donors (Lipinski definition) is 0. The molecule has 0 spiro atoms. The molecule has 0 aliphatic heterocycles. The van der Waals surface area contributed by atoms with E-state index in [4.69, 9.17) is 0 Å². The third kappa shape index (κ3) is 1.85. The average Bonchev–Trinajstić information content (AvgIpc) is 2.16. The summed E-state index contributed by atoms with van der Waals surface area (Å²) < 4.78 is 1.59. The molecule has 0 saturated heterocycles. The van der Waals surface area contributed by atoms with Crippen molar-refractivity contribution in [2.75, 3.05) is 0 Å². The van der Waals surface area contributed by atoms with Crippen molar-refractivity contribution in [3.05, 3.63) is 42.5 Å². The monoisotopic (exact) mass is 246 g/mol. The Morgan fingerprint density at radius 2 is 1.43 bits per heavy atom. The van der Waals surface area contributed by atoms with Crippen molar-refractivity contribution >= 4 is 28.4 Å². The number of fused-ring (bicyclic) bond motifs is 1. The van der Waals surface area contributed by atoms with Gasteiger partial charge in [-0.05, 0) is 0 Å². The van der Waals surface area contributed by atoms with Crippen LogP contribution in [-0.4, -0.2) is 13.3 Å². The van der Waals surface area contributed by atoms with Gasteiger partial charge in [0.05, 0.1) is 0 Å². The third-order valence-corrected chi connectivity index (χ3v) is 6.90. The Labute approximate surface area is 88.3 Å². The SMILES string of the molecule is [CH3][Ge]([CH3])([CH3])[c]1ccc2ccccc2c1. The molecular formula is C13H16Ge. The minimum absolute atomic E-state index is 1.35. The fourth-order valence-corrected chi connectivity index (χ4v) is 4.11. The van der Waals surface area contributed by atoms with Crippen LogP contribution in [0.15, 0.2) is 42.5 Å². The first-order valence-electron chi connectivity index (χ1n) is 5.07. The van der Waals surface area contributed by atoms with Crippen LogP contribution < -0.4 is 4.40 Å². The summed E-state index contributed by atoms with van der Waals surface area (Å²) in [6.45, 7) is 0. The fraction of sp³-hybridized carbons (Fsp3) is 0.231. The molecule has 0 N–H and O–H groups in total. The van der Waals surface area contributed by atoms with Gasteiger partial charge in [0.25, 0.3) is 0 Å². The van der Waals surface area contributed by atoms with E-state index in [9.17, 15) is 0 Å². The van der Waals surface area contributed by atoms with E-state index in [1.165, 1.54) is 10.8 Å². The van der Waals surface area contributed by atoms with Crippen molar-refractivity contribution < 1.29 is 0 Å². The Balaban J connectivity index is 2.63. The van der Waals surface area contributed by atoms with Gasteiger partial charge in [0.15, 0.2) is 0 Å². The normalized spacial score (nSPS) is 11.9. The molecule has 0 unspecified atom stereocenters. The predicted octanol–water partition coefficient (Wildman–Crippen LogP) is 3.39. The molecule has 14 heavy (non-hydrogen) atoms. The number of benzene rings is 2. The first-order chi connectivity index (χ1) is 6.57. The van der Waals surface area contributed by atoms with Gasteiger partial charge in [-0.25, -0.2) is 0 Å². The Kier molecular flexibility index (Phi) is 2.40. The summed E-state index contributed by atoms with van der Waals surface area (Å²) >= 11 is -1.64. The molecule has 0 radical (unpaired) electrons. The van der Waals surface area contributed by atoms with Crippen LogP contribution in [0.4, 0.5) is 0 Å². The molecule has 2 rings (SSSR count). The molecule has 0 aliphatic rings. The zero-order valence-electron chi connectivity index (χ0n) is 9.04. The predicted molar refractivity (Wildman–Crippen MR) is 66.9 cm³/mol. The van der Waals surface area contributed by atoms with Crippen LogP contribution >= 0.6 is 0 Å². The molecule has 0 heterocycles. The molecule has 0 bridgehead atoms. The molecule has 72 valence electrons. The van der Waals surface area contributed by atoms with Gasteiger partial charge in [0.2, 0.25) is 0 Å². The molecule has 0 nitrogen and oxygen atoms in total. The van der Waals surface area contributed by atoms with Crippen LogP contribution in [0.1, 0.15) is 0 Å². The van der Waals surface area contributed by atoms with E-state index in [-0.39, 0.29) is 0 Å². The van der Waals surface area contributed by atoms with Crippen molar-refractivity contribution in [2.45, 2.75) is 17.3 Å². The molecule has 0 aromatic heterocycles. The molecule has 2 aromatic carbocycles. The summed E-state index contributed by atoms with van der Waals surface area (Å²) in [7, 11) is 0. The Morgan fingerprint density at radius 1 is 0.786 bits per heavy atom. The second kappa shape index (κ2) is 3.43. The molecule has 1 heteroatoms. The molecule has 0 aliphatic carbocycles. The van der Waals surface area contributed by atoms with Crippen molar-refractivity contribution in [2.24, 2.45) is 0 Å². The van der Waals surface area contributed by atoms with Crippen molar-refractivity contribution in [3.8, 4) is 0 Å². The summed E-state index contributed by atoms with van der Waals surface area (Å²) in [6, 6.07) is 15.5. The van der Waals surface area contributed by atoms with E-state index in [1.807, 2.05) is 0 Å². The van der Waals surface area contributed by atoms with Gasteiger partial charge in [-0.3, -0.25) is 0 Å². The molecule has 2 aromatic rings. The van der Waals surface area contributed by atoms with Crippen LogP contribution in [0.3, 0.4) is 0 Å². The van der Waals surface area contributed by atoms with Crippen LogP contribution in [0.2, 0.25) is 17.3 Å². The molecule has 0 amide bonds. The van der Waals surface area contributed by atoms with Crippen molar-refractivity contribution in [1.29, 1.82) is 0 Å².